The van der Waals surface area contributed by atoms with Crippen LogP contribution in [0.2, 0.25) is 0 Å². The number of hydrogen-bond donors (Lipinski definition) is 0. The van der Waals surface area contributed by atoms with Gasteiger partial charge in [0.1, 0.15) is 5.82 Å². The first-order chi connectivity index (χ1) is 8.76. The first kappa shape index (κ1) is 14.6. The van der Waals surface area contributed by atoms with Crippen LogP contribution >= 0.6 is 0 Å². The van der Waals surface area contributed by atoms with Crippen molar-refractivity contribution in [2.45, 2.75) is 32.7 Å². The van der Waals surface area contributed by atoms with Gasteiger partial charge < -0.3 is 9.64 Å². The van der Waals surface area contributed by atoms with E-state index in [0.717, 1.165) is 31.5 Å². The number of ether oxygens (including phenoxy) is 1. The second-order valence-corrected chi connectivity index (χ2v) is 4.22. The maximum atomic E-state index is 10.6. The molecule has 0 radical (unpaired) electrons. The predicted octanol–water partition coefficient (Wildman–Crippen LogP) is 2.54. The van der Waals surface area contributed by atoms with Gasteiger partial charge in [0.15, 0.2) is 6.29 Å². The highest BCUT2D eigenvalue weighted by Gasteiger charge is 2.16. The van der Waals surface area contributed by atoms with E-state index in [-0.39, 0.29) is 0 Å². The number of carbonyl (C=O) groups excluding carboxylic acids is 1. The Morgan fingerprint density at radius 1 is 1.39 bits per heavy atom. The molecule has 100 valence electrons. The van der Waals surface area contributed by atoms with Crippen molar-refractivity contribution in [1.82, 2.24) is 4.98 Å². The molecule has 4 heteroatoms. The molecule has 0 fully saturated rings. The Bertz CT molecular complexity index is 347. The van der Waals surface area contributed by atoms with E-state index in [4.69, 9.17) is 4.74 Å². The highest BCUT2D eigenvalue weighted by atomic mass is 16.5. The third-order valence-electron chi connectivity index (χ3n) is 3.12. The average Bonchev–Trinajstić information content (AvgIpc) is 2.43. The SMILES string of the molecule is CCC(CC)N(CCOC)c1ccc(C=O)cn1. The first-order valence-electron chi connectivity index (χ1n) is 6.43. The van der Waals surface area contributed by atoms with Crippen molar-refractivity contribution in [3.05, 3.63) is 23.9 Å². The van der Waals surface area contributed by atoms with E-state index in [9.17, 15) is 4.79 Å². The molecule has 0 amide bonds. The number of pyridine rings is 1. The van der Waals surface area contributed by atoms with E-state index < -0.39 is 0 Å². The summed E-state index contributed by atoms with van der Waals surface area (Å²) in [7, 11) is 1.70. The van der Waals surface area contributed by atoms with Crippen LogP contribution < -0.4 is 4.90 Å². The lowest BCUT2D eigenvalue weighted by Crippen LogP contribution is -2.37. The fraction of sp³-hybridized carbons (Fsp3) is 0.571. The van der Waals surface area contributed by atoms with Gasteiger partial charge in [0.05, 0.1) is 6.61 Å². The number of aldehydes is 1. The molecule has 0 saturated heterocycles. The minimum Gasteiger partial charge on any atom is -0.383 e. The molecule has 0 saturated carbocycles. The van der Waals surface area contributed by atoms with Crippen molar-refractivity contribution in [3.8, 4) is 0 Å². The molecule has 0 atom stereocenters. The first-order valence-corrected chi connectivity index (χ1v) is 6.43. The minimum atomic E-state index is 0.453. The lowest BCUT2D eigenvalue weighted by Gasteiger charge is -2.31. The molecule has 0 aliphatic rings. The van der Waals surface area contributed by atoms with Crippen LogP contribution in [0.25, 0.3) is 0 Å². The Morgan fingerprint density at radius 2 is 2.11 bits per heavy atom. The summed E-state index contributed by atoms with van der Waals surface area (Å²) >= 11 is 0. The second-order valence-electron chi connectivity index (χ2n) is 4.22. The third-order valence-corrected chi connectivity index (χ3v) is 3.12. The number of nitrogens with zero attached hydrogens (tertiary/aromatic N) is 2. The van der Waals surface area contributed by atoms with Gasteiger partial charge in [-0.15, -0.1) is 0 Å². The van der Waals surface area contributed by atoms with Gasteiger partial charge in [0.2, 0.25) is 0 Å². The molecule has 1 heterocycles. The summed E-state index contributed by atoms with van der Waals surface area (Å²) in [4.78, 5) is 17.2. The van der Waals surface area contributed by atoms with E-state index in [1.165, 1.54) is 0 Å². The normalized spacial score (nSPS) is 10.7. The summed E-state index contributed by atoms with van der Waals surface area (Å²) in [5.74, 6) is 0.909. The Labute approximate surface area is 109 Å². The van der Waals surface area contributed by atoms with E-state index in [0.29, 0.717) is 18.2 Å². The zero-order chi connectivity index (χ0) is 13.4. The molecule has 0 N–H and O–H groups in total. The van der Waals surface area contributed by atoms with Crippen LogP contribution in [0.15, 0.2) is 18.3 Å². The van der Waals surface area contributed by atoms with Gasteiger partial charge in [-0.3, -0.25) is 4.79 Å². The van der Waals surface area contributed by atoms with Crippen LogP contribution in [-0.2, 0) is 4.74 Å². The quantitative estimate of drug-likeness (QED) is 0.665. The molecular weight excluding hydrogens is 228 g/mol. The van der Waals surface area contributed by atoms with Gasteiger partial charge in [-0.05, 0) is 25.0 Å². The summed E-state index contributed by atoms with van der Waals surface area (Å²) in [6, 6.07) is 4.16. The molecule has 4 nitrogen and oxygen atoms in total. The summed E-state index contributed by atoms with van der Waals surface area (Å²) < 4.78 is 5.15. The number of hydrogen-bond acceptors (Lipinski definition) is 4. The second kappa shape index (κ2) is 7.82. The number of methoxy groups -OCH3 is 1. The molecule has 0 aromatic carbocycles. The smallest absolute Gasteiger partial charge is 0.151 e. The van der Waals surface area contributed by atoms with Crippen molar-refractivity contribution in [3.63, 3.8) is 0 Å². The van der Waals surface area contributed by atoms with Gasteiger partial charge in [0.25, 0.3) is 0 Å². The Kier molecular flexibility index (Phi) is 6.36. The topological polar surface area (TPSA) is 42.4 Å². The molecule has 1 rings (SSSR count). The lowest BCUT2D eigenvalue weighted by atomic mass is 10.1. The molecule has 0 unspecified atom stereocenters. The number of anilines is 1. The number of carbonyl (C=O) groups is 1. The van der Waals surface area contributed by atoms with E-state index in [2.05, 4.69) is 23.7 Å². The van der Waals surface area contributed by atoms with E-state index >= 15 is 0 Å². The zero-order valence-electron chi connectivity index (χ0n) is 11.4. The molecule has 1 aromatic rings. The van der Waals surface area contributed by atoms with Crippen LogP contribution in [0.4, 0.5) is 5.82 Å². The van der Waals surface area contributed by atoms with Crippen LogP contribution in [0.5, 0.6) is 0 Å². The summed E-state index contributed by atoms with van der Waals surface area (Å²) in [5, 5.41) is 0. The number of rotatable bonds is 8. The average molecular weight is 250 g/mol. The van der Waals surface area contributed by atoms with Crippen molar-refractivity contribution < 1.29 is 9.53 Å². The summed E-state index contributed by atoms with van der Waals surface area (Å²) in [5.41, 5.74) is 0.606. The Hall–Kier alpha value is -1.42. The lowest BCUT2D eigenvalue weighted by molar-refractivity contribution is 0.112. The fourth-order valence-electron chi connectivity index (χ4n) is 2.04. The third kappa shape index (κ3) is 3.81. The minimum absolute atomic E-state index is 0.453. The van der Waals surface area contributed by atoms with Crippen molar-refractivity contribution >= 4 is 12.1 Å². The van der Waals surface area contributed by atoms with Crippen molar-refractivity contribution in [1.29, 1.82) is 0 Å². The standard InChI is InChI=1S/C14H22N2O2/c1-4-13(5-2)16(8-9-18-3)14-7-6-12(11-17)10-15-14/h6-7,10-11,13H,4-5,8-9H2,1-3H3. The molecule has 0 bridgehead atoms. The van der Waals surface area contributed by atoms with Gasteiger partial charge in [-0.2, -0.15) is 0 Å². The molecule has 0 spiro atoms. The van der Waals surface area contributed by atoms with Gasteiger partial charge >= 0.3 is 0 Å². The van der Waals surface area contributed by atoms with E-state index in [1.807, 2.05) is 6.07 Å². The maximum Gasteiger partial charge on any atom is 0.151 e. The zero-order valence-corrected chi connectivity index (χ0v) is 11.4. The monoisotopic (exact) mass is 250 g/mol. The Morgan fingerprint density at radius 3 is 2.56 bits per heavy atom. The molecule has 0 aliphatic carbocycles. The van der Waals surface area contributed by atoms with Crippen LogP contribution in [0, 0.1) is 0 Å². The molecule has 1 aromatic heterocycles. The van der Waals surface area contributed by atoms with Crippen LogP contribution in [0.3, 0.4) is 0 Å². The van der Waals surface area contributed by atoms with Crippen LogP contribution in [-0.4, -0.2) is 37.6 Å². The molecule has 0 aliphatic heterocycles. The van der Waals surface area contributed by atoms with Crippen molar-refractivity contribution in [2.24, 2.45) is 0 Å². The van der Waals surface area contributed by atoms with E-state index in [1.54, 1.807) is 19.4 Å². The number of aromatic nitrogens is 1. The van der Waals surface area contributed by atoms with Crippen molar-refractivity contribution in [2.75, 3.05) is 25.2 Å². The summed E-state index contributed by atoms with van der Waals surface area (Å²) in [6.45, 7) is 5.84. The van der Waals surface area contributed by atoms with Gasteiger partial charge in [-0.1, -0.05) is 13.8 Å². The predicted molar refractivity (Wildman–Crippen MR) is 73.2 cm³/mol. The van der Waals surface area contributed by atoms with Gasteiger partial charge in [0, 0.05) is 31.5 Å². The molecular formula is C14H22N2O2. The van der Waals surface area contributed by atoms with Gasteiger partial charge in [-0.25, -0.2) is 4.98 Å². The highest BCUT2D eigenvalue weighted by molar-refractivity contribution is 5.74. The molecule has 18 heavy (non-hydrogen) atoms. The fourth-order valence-corrected chi connectivity index (χ4v) is 2.04. The van der Waals surface area contributed by atoms with Crippen LogP contribution in [0.1, 0.15) is 37.0 Å². The Balaban J connectivity index is 2.88. The maximum absolute atomic E-state index is 10.6. The summed E-state index contributed by atoms with van der Waals surface area (Å²) in [6.07, 6.45) is 4.56. The largest absolute Gasteiger partial charge is 0.383 e. The highest BCUT2D eigenvalue weighted by Crippen LogP contribution is 2.18.